The molecule has 1 rings (SSSR count). The predicted molar refractivity (Wildman–Crippen MR) is 63.6 cm³/mol. The van der Waals surface area contributed by atoms with Gasteiger partial charge in [-0.05, 0) is 36.1 Å². The molecule has 1 aromatic rings. The fraction of sp³-hybridized carbons (Fsp3) is 0.462. The van der Waals surface area contributed by atoms with Gasteiger partial charge in [-0.2, -0.15) is 5.26 Å². The molecule has 0 aliphatic rings. The lowest BCUT2D eigenvalue weighted by Crippen LogP contribution is -2.16. The molecular formula is C13H18N2. The third kappa shape index (κ3) is 3.63. The normalized spacial score (nSPS) is 12.2. The summed E-state index contributed by atoms with van der Waals surface area (Å²) in [6, 6.07) is 9.68. The Kier molecular flexibility index (Phi) is 4.17. The minimum absolute atomic E-state index is 0.653. The van der Waals surface area contributed by atoms with E-state index in [0.717, 1.165) is 12.2 Å². The van der Waals surface area contributed by atoms with E-state index in [1.165, 1.54) is 0 Å². The first-order valence-electron chi connectivity index (χ1n) is 5.37. The van der Waals surface area contributed by atoms with Crippen LogP contribution in [0, 0.1) is 23.2 Å². The second-order valence-corrected chi connectivity index (χ2v) is 4.29. The van der Waals surface area contributed by atoms with Crippen molar-refractivity contribution in [1.82, 2.24) is 0 Å². The number of nitrogens with zero attached hydrogens (tertiary/aromatic N) is 1. The maximum absolute atomic E-state index is 8.65. The zero-order valence-electron chi connectivity index (χ0n) is 9.62. The third-order valence-electron chi connectivity index (χ3n) is 2.78. The lowest BCUT2D eigenvalue weighted by molar-refractivity contribution is 0.440. The summed E-state index contributed by atoms with van der Waals surface area (Å²) in [4.78, 5) is 0. The molecule has 1 aromatic carbocycles. The van der Waals surface area contributed by atoms with Crippen LogP contribution in [0.1, 0.15) is 26.3 Å². The van der Waals surface area contributed by atoms with Crippen molar-refractivity contribution in [3.63, 3.8) is 0 Å². The van der Waals surface area contributed by atoms with Gasteiger partial charge in [0.1, 0.15) is 0 Å². The molecule has 1 unspecified atom stereocenters. The lowest BCUT2D eigenvalue weighted by Gasteiger charge is -2.16. The van der Waals surface area contributed by atoms with Gasteiger partial charge in [-0.3, -0.25) is 0 Å². The number of nitriles is 1. The quantitative estimate of drug-likeness (QED) is 0.813. The topological polar surface area (TPSA) is 35.8 Å². The van der Waals surface area contributed by atoms with Crippen LogP contribution in [0.2, 0.25) is 0 Å². The van der Waals surface area contributed by atoms with Crippen molar-refractivity contribution >= 4 is 5.69 Å². The van der Waals surface area contributed by atoms with E-state index in [9.17, 15) is 0 Å². The minimum atomic E-state index is 0.653. The summed E-state index contributed by atoms with van der Waals surface area (Å²) in [5.41, 5.74) is 1.79. The second-order valence-electron chi connectivity index (χ2n) is 4.29. The molecule has 1 N–H and O–H groups in total. The molecule has 0 bridgehead atoms. The zero-order chi connectivity index (χ0) is 11.3. The summed E-state index contributed by atoms with van der Waals surface area (Å²) in [7, 11) is 0. The van der Waals surface area contributed by atoms with Crippen LogP contribution in [-0.2, 0) is 0 Å². The number of hydrogen-bond donors (Lipinski definition) is 1. The van der Waals surface area contributed by atoms with Crippen molar-refractivity contribution in [2.45, 2.75) is 20.8 Å². The highest BCUT2D eigenvalue weighted by molar-refractivity contribution is 5.47. The summed E-state index contributed by atoms with van der Waals surface area (Å²) >= 11 is 0. The Morgan fingerprint density at radius 3 is 2.27 bits per heavy atom. The first-order valence-corrected chi connectivity index (χ1v) is 5.37. The van der Waals surface area contributed by atoms with Crippen LogP contribution >= 0.6 is 0 Å². The van der Waals surface area contributed by atoms with Crippen LogP contribution in [0.5, 0.6) is 0 Å². The fourth-order valence-corrected chi connectivity index (χ4v) is 1.18. The Hall–Kier alpha value is -1.49. The van der Waals surface area contributed by atoms with Crippen molar-refractivity contribution in [3.8, 4) is 6.07 Å². The van der Waals surface area contributed by atoms with Gasteiger partial charge in [0, 0.05) is 12.2 Å². The smallest absolute Gasteiger partial charge is 0.0991 e. The van der Waals surface area contributed by atoms with Crippen molar-refractivity contribution in [2.75, 3.05) is 11.9 Å². The van der Waals surface area contributed by atoms with Gasteiger partial charge in [-0.1, -0.05) is 20.8 Å². The summed E-state index contributed by atoms with van der Waals surface area (Å²) in [6.07, 6.45) is 0. The standard InChI is InChI=1S/C13H18N2/c1-10(2)11(3)9-15-13-6-4-12(8-14)5-7-13/h4-7,10-11,15H,9H2,1-3H3. The van der Waals surface area contributed by atoms with Crippen LogP contribution in [0.15, 0.2) is 24.3 Å². The summed E-state index contributed by atoms with van der Waals surface area (Å²) in [5, 5.41) is 12.0. The highest BCUT2D eigenvalue weighted by atomic mass is 14.9. The van der Waals surface area contributed by atoms with Gasteiger partial charge in [0.2, 0.25) is 0 Å². The maximum Gasteiger partial charge on any atom is 0.0991 e. The Morgan fingerprint density at radius 1 is 1.20 bits per heavy atom. The van der Waals surface area contributed by atoms with Gasteiger partial charge >= 0.3 is 0 Å². The Labute approximate surface area is 91.9 Å². The molecule has 2 nitrogen and oxygen atoms in total. The van der Waals surface area contributed by atoms with E-state index in [1.54, 1.807) is 0 Å². The van der Waals surface area contributed by atoms with Gasteiger partial charge in [0.05, 0.1) is 11.6 Å². The van der Waals surface area contributed by atoms with Crippen molar-refractivity contribution in [2.24, 2.45) is 11.8 Å². The highest BCUT2D eigenvalue weighted by Crippen LogP contribution is 2.13. The number of nitrogens with one attached hydrogen (secondary N) is 1. The molecule has 0 saturated heterocycles. The third-order valence-corrected chi connectivity index (χ3v) is 2.78. The van der Waals surface area contributed by atoms with Crippen molar-refractivity contribution < 1.29 is 0 Å². The van der Waals surface area contributed by atoms with E-state index < -0.39 is 0 Å². The number of anilines is 1. The van der Waals surface area contributed by atoms with Crippen LogP contribution in [0.4, 0.5) is 5.69 Å². The predicted octanol–water partition coefficient (Wildman–Crippen LogP) is 3.26. The molecule has 2 heteroatoms. The van der Waals surface area contributed by atoms with E-state index in [0.29, 0.717) is 17.4 Å². The van der Waals surface area contributed by atoms with E-state index in [2.05, 4.69) is 32.2 Å². The highest BCUT2D eigenvalue weighted by Gasteiger charge is 2.05. The van der Waals surface area contributed by atoms with Gasteiger partial charge in [0.15, 0.2) is 0 Å². The van der Waals surface area contributed by atoms with E-state index in [4.69, 9.17) is 5.26 Å². The maximum atomic E-state index is 8.65. The lowest BCUT2D eigenvalue weighted by atomic mass is 9.98. The second kappa shape index (κ2) is 5.41. The van der Waals surface area contributed by atoms with Gasteiger partial charge in [-0.15, -0.1) is 0 Å². The van der Waals surface area contributed by atoms with Crippen molar-refractivity contribution in [1.29, 1.82) is 5.26 Å². The first kappa shape index (κ1) is 11.6. The van der Waals surface area contributed by atoms with Crippen LogP contribution in [0.3, 0.4) is 0 Å². The molecule has 80 valence electrons. The molecule has 0 amide bonds. The Balaban J connectivity index is 2.48. The number of rotatable bonds is 4. The minimum Gasteiger partial charge on any atom is -0.385 e. The molecule has 0 heterocycles. The molecule has 0 aromatic heterocycles. The summed E-state index contributed by atoms with van der Waals surface area (Å²) < 4.78 is 0. The molecule has 15 heavy (non-hydrogen) atoms. The van der Waals surface area contributed by atoms with Gasteiger partial charge < -0.3 is 5.32 Å². The average Bonchev–Trinajstić information content (AvgIpc) is 2.26. The molecule has 0 aliphatic heterocycles. The number of benzene rings is 1. The largest absolute Gasteiger partial charge is 0.385 e. The first-order chi connectivity index (χ1) is 7.13. The Bertz CT molecular complexity index is 333. The fourth-order valence-electron chi connectivity index (χ4n) is 1.18. The monoisotopic (exact) mass is 202 g/mol. The molecule has 0 fully saturated rings. The van der Waals surface area contributed by atoms with Crippen molar-refractivity contribution in [3.05, 3.63) is 29.8 Å². The molecule has 0 spiro atoms. The molecule has 0 aliphatic carbocycles. The van der Waals surface area contributed by atoms with Crippen LogP contribution < -0.4 is 5.32 Å². The van der Waals surface area contributed by atoms with Crippen LogP contribution in [0.25, 0.3) is 0 Å². The molecule has 0 radical (unpaired) electrons. The average molecular weight is 202 g/mol. The summed E-state index contributed by atoms with van der Waals surface area (Å²) in [6.45, 7) is 7.67. The van der Waals surface area contributed by atoms with Gasteiger partial charge in [0.25, 0.3) is 0 Å². The zero-order valence-corrected chi connectivity index (χ0v) is 9.62. The SMILES string of the molecule is CC(C)C(C)CNc1ccc(C#N)cc1. The Morgan fingerprint density at radius 2 is 1.80 bits per heavy atom. The van der Waals surface area contributed by atoms with Crippen LogP contribution in [-0.4, -0.2) is 6.54 Å². The van der Waals surface area contributed by atoms with E-state index in [-0.39, 0.29) is 0 Å². The molecular weight excluding hydrogens is 184 g/mol. The molecule has 0 saturated carbocycles. The van der Waals surface area contributed by atoms with E-state index in [1.807, 2.05) is 24.3 Å². The molecule has 1 atom stereocenters. The summed E-state index contributed by atoms with van der Waals surface area (Å²) in [5.74, 6) is 1.34. The van der Waals surface area contributed by atoms with Gasteiger partial charge in [-0.25, -0.2) is 0 Å². The van der Waals surface area contributed by atoms with E-state index >= 15 is 0 Å². The number of hydrogen-bond acceptors (Lipinski definition) is 2.